The van der Waals surface area contributed by atoms with Crippen LogP contribution in [0.25, 0.3) is 0 Å². The highest BCUT2D eigenvalue weighted by molar-refractivity contribution is 8.01. The van der Waals surface area contributed by atoms with Crippen molar-refractivity contribution in [3.8, 4) is 0 Å². The fourth-order valence-corrected chi connectivity index (χ4v) is 3.20. The maximum absolute atomic E-state index is 10.9. The SMILES string of the molecule is Cc1nc(Sc2ccc(C(N)=O)cn2)sc1C(=O)O. The zero-order valence-electron chi connectivity index (χ0n) is 9.78. The largest absolute Gasteiger partial charge is 0.477 e. The van der Waals surface area contributed by atoms with E-state index in [1.165, 1.54) is 18.0 Å². The van der Waals surface area contributed by atoms with Gasteiger partial charge in [-0.1, -0.05) is 11.3 Å². The molecule has 2 heterocycles. The number of carbonyl (C=O) groups is 2. The van der Waals surface area contributed by atoms with E-state index in [-0.39, 0.29) is 4.88 Å². The van der Waals surface area contributed by atoms with Crippen molar-refractivity contribution in [3.63, 3.8) is 0 Å². The van der Waals surface area contributed by atoms with Crippen LogP contribution in [0.3, 0.4) is 0 Å². The molecule has 0 atom stereocenters. The number of carbonyl (C=O) groups excluding carboxylic acids is 1. The molecule has 0 aliphatic heterocycles. The second kappa shape index (κ2) is 5.37. The first-order valence-corrected chi connectivity index (χ1v) is 6.75. The van der Waals surface area contributed by atoms with Crippen LogP contribution >= 0.6 is 23.1 Å². The van der Waals surface area contributed by atoms with Gasteiger partial charge in [-0.2, -0.15) is 0 Å². The Morgan fingerprint density at radius 2 is 2.16 bits per heavy atom. The summed E-state index contributed by atoms with van der Waals surface area (Å²) in [7, 11) is 0. The van der Waals surface area contributed by atoms with Crippen LogP contribution in [0.1, 0.15) is 25.7 Å². The highest BCUT2D eigenvalue weighted by Gasteiger charge is 2.15. The summed E-state index contributed by atoms with van der Waals surface area (Å²) in [5.74, 6) is -1.53. The number of amides is 1. The number of nitrogens with zero attached hydrogens (tertiary/aromatic N) is 2. The smallest absolute Gasteiger partial charge is 0.347 e. The third kappa shape index (κ3) is 3.09. The van der Waals surface area contributed by atoms with Crippen LogP contribution in [0.4, 0.5) is 0 Å². The number of hydrogen-bond donors (Lipinski definition) is 2. The normalized spacial score (nSPS) is 10.4. The number of rotatable bonds is 4. The lowest BCUT2D eigenvalue weighted by atomic mass is 10.3. The van der Waals surface area contributed by atoms with Gasteiger partial charge in [-0.05, 0) is 30.8 Å². The Bertz CT molecular complexity index is 637. The third-order valence-electron chi connectivity index (χ3n) is 2.18. The van der Waals surface area contributed by atoms with Gasteiger partial charge in [-0.25, -0.2) is 14.8 Å². The zero-order chi connectivity index (χ0) is 14.0. The van der Waals surface area contributed by atoms with Crippen molar-refractivity contribution in [1.29, 1.82) is 0 Å². The number of pyridine rings is 1. The van der Waals surface area contributed by atoms with Gasteiger partial charge in [-0.3, -0.25) is 4.79 Å². The molecule has 6 nitrogen and oxygen atoms in total. The Morgan fingerprint density at radius 3 is 2.63 bits per heavy atom. The number of thiazole rings is 1. The van der Waals surface area contributed by atoms with Crippen LogP contribution in [-0.2, 0) is 0 Å². The molecule has 8 heteroatoms. The third-order valence-corrected chi connectivity index (χ3v) is 4.34. The van der Waals surface area contributed by atoms with E-state index in [1.807, 2.05) is 0 Å². The van der Waals surface area contributed by atoms with Gasteiger partial charge in [0.05, 0.1) is 11.3 Å². The molecule has 0 aliphatic carbocycles. The van der Waals surface area contributed by atoms with E-state index in [0.717, 1.165) is 11.3 Å². The van der Waals surface area contributed by atoms with E-state index in [1.54, 1.807) is 19.1 Å². The van der Waals surface area contributed by atoms with E-state index >= 15 is 0 Å². The second-order valence-corrected chi connectivity index (χ2v) is 5.82. The highest BCUT2D eigenvalue weighted by Crippen LogP contribution is 2.31. The molecule has 0 spiro atoms. The first kappa shape index (κ1) is 13.5. The van der Waals surface area contributed by atoms with Crippen LogP contribution in [0.5, 0.6) is 0 Å². The van der Waals surface area contributed by atoms with E-state index in [0.29, 0.717) is 20.6 Å². The second-order valence-electron chi connectivity index (χ2n) is 3.55. The summed E-state index contributed by atoms with van der Waals surface area (Å²) >= 11 is 2.33. The van der Waals surface area contributed by atoms with Crippen molar-refractivity contribution in [2.75, 3.05) is 0 Å². The molecular formula is C11H9N3O3S2. The Labute approximate surface area is 116 Å². The first-order valence-electron chi connectivity index (χ1n) is 5.12. The number of aromatic nitrogens is 2. The minimum atomic E-state index is -0.987. The number of aryl methyl sites for hydroxylation is 1. The number of nitrogens with two attached hydrogens (primary N) is 1. The zero-order valence-corrected chi connectivity index (χ0v) is 11.4. The molecule has 0 saturated carbocycles. The Hall–Kier alpha value is -1.93. The van der Waals surface area contributed by atoms with Crippen LogP contribution < -0.4 is 5.73 Å². The van der Waals surface area contributed by atoms with E-state index in [4.69, 9.17) is 10.8 Å². The predicted octanol–water partition coefficient (Wildman–Crippen LogP) is 1.79. The summed E-state index contributed by atoms with van der Waals surface area (Å²) in [6.45, 7) is 1.65. The lowest BCUT2D eigenvalue weighted by Crippen LogP contribution is -2.10. The summed E-state index contributed by atoms with van der Waals surface area (Å²) in [5, 5.41) is 9.56. The number of carboxylic acids is 1. The maximum atomic E-state index is 10.9. The van der Waals surface area contributed by atoms with Crippen molar-refractivity contribution >= 4 is 35.0 Å². The lowest BCUT2D eigenvalue weighted by molar-refractivity contribution is 0.0701. The molecule has 0 fully saturated rings. The summed E-state index contributed by atoms with van der Waals surface area (Å²) in [4.78, 5) is 30.2. The molecule has 0 radical (unpaired) electrons. The number of hydrogen-bond acceptors (Lipinski definition) is 6. The highest BCUT2D eigenvalue weighted by atomic mass is 32.2. The average molecular weight is 295 g/mol. The Balaban J connectivity index is 2.19. The van der Waals surface area contributed by atoms with E-state index < -0.39 is 11.9 Å². The predicted molar refractivity (Wildman–Crippen MR) is 70.7 cm³/mol. The summed E-state index contributed by atoms with van der Waals surface area (Å²) < 4.78 is 0.592. The molecule has 2 aromatic rings. The van der Waals surface area contributed by atoms with Gasteiger partial charge >= 0.3 is 5.97 Å². The van der Waals surface area contributed by atoms with Gasteiger partial charge in [0.15, 0.2) is 4.34 Å². The van der Waals surface area contributed by atoms with Crippen LogP contribution in [0.2, 0.25) is 0 Å². The molecule has 19 heavy (non-hydrogen) atoms. The maximum Gasteiger partial charge on any atom is 0.347 e. The van der Waals surface area contributed by atoms with E-state index in [9.17, 15) is 9.59 Å². The molecule has 0 saturated heterocycles. The minimum absolute atomic E-state index is 0.219. The van der Waals surface area contributed by atoms with Crippen LogP contribution in [0, 0.1) is 6.92 Å². The van der Waals surface area contributed by atoms with Crippen molar-refractivity contribution in [3.05, 3.63) is 34.5 Å². The van der Waals surface area contributed by atoms with Crippen LogP contribution in [0.15, 0.2) is 27.7 Å². The molecule has 3 N–H and O–H groups in total. The number of carboxylic acid groups (broad SMARTS) is 1. The average Bonchev–Trinajstić information content (AvgIpc) is 2.71. The lowest BCUT2D eigenvalue weighted by Gasteiger charge is -1.97. The van der Waals surface area contributed by atoms with Gasteiger partial charge in [0.1, 0.15) is 9.90 Å². The van der Waals surface area contributed by atoms with Gasteiger partial charge < -0.3 is 10.8 Å². The first-order chi connectivity index (χ1) is 8.97. The molecule has 98 valence electrons. The molecule has 2 aromatic heterocycles. The molecule has 0 unspecified atom stereocenters. The van der Waals surface area contributed by atoms with Gasteiger partial charge in [0, 0.05) is 6.20 Å². The van der Waals surface area contributed by atoms with Gasteiger partial charge in [0.25, 0.3) is 0 Å². The van der Waals surface area contributed by atoms with Crippen molar-refractivity contribution < 1.29 is 14.7 Å². The molecule has 0 aromatic carbocycles. The topological polar surface area (TPSA) is 106 Å². The van der Waals surface area contributed by atoms with Crippen molar-refractivity contribution in [2.24, 2.45) is 5.73 Å². The minimum Gasteiger partial charge on any atom is -0.477 e. The van der Waals surface area contributed by atoms with Crippen molar-refractivity contribution in [2.45, 2.75) is 16.3 Å². The number of primary amides is 1. The molecular weight excluding hydrogens is 286 g/mol. The fraction of sp³-hybridized carbons (Fsp3) is 0.0909. The fourth-order valence-electron chi connectivity index (χ4n) is 1.29. The summed E-state index contributed by atoms with van der Waals surface area (Å²) in [6, 6.07) is 3.21. The van der Waals surface area contributed by atoms with Gasteiger partial charge in [0.2, 0.25) is 5.91 Å². The summed E-state index contributed by atoms with van der Waals surface area (Å²) in [6.07, 6.45) is 1.38. The Morgan fingerprint density at radius 1 is 1.42 bits per heavy atom. The van der Waals surface area contributed by atoms with E-state index in [2.05, 4.69) is 9.97 Å². The number of aromatic carboxylic acids is 1. The molecule has 0 aliphatic rings. The quantitative estimate of drug-likeness (QED) is 0.890. The summed E-state index contributed by atoms with van der Waals surface area (Å²) in [5.41, 5.74) is 5.92. The van der Waals surface area contributed by atoms with Gasteiger partial charge in [-0.15, -0.1) is 0 Å². The molecule has 2 rings (SSSR count). The molecule has 0 bridgehead atoms. The Kier molecular flexibility index (Phi) is 3.82. The van der Waals surface area contributed by atoms with Crippen LogP contribution in [-0.4, -0.2) is 27.0 Å². The molecule has 1 amide bonds. The standard InChI is InChI=1S/C11H9N3O3S2/c1-5-8(10(16)17)19-11(14-5)18-7-3-2-6(4-13-7)9(12)15/h2-4H,1H3,(H2,12,15)(H,16,17). The monoisotopic (exact) mass is 295 g/mol. The van der Waals surface area contributed by atoms with Crippen molar-refractivity contribution in [1.82, 2.24) is 9.97 Å².